The minimum Gasteiger partial charge on any atom is -0.462 e. The zero-order valence-electron chi connectivity index (χ0n) is 24.2. The van der Waals surface area contributed by atoms with E-state index in [1.165, 1.54) is 53.1 Å². The van der Waals surface area contributed by atoms with E-state index in [2.05, 4.69) is 5.32 Å². The van der Waals surface area contributed by atoms with Crippen molar-refractivity contribution >= 4 is 87.1 Å². The van der Waals surface area contributed by atoms with Crippen molar-refractivity contribution in [3.8, 4) is 0 Å². The van der Waals surface area contributed by atoms with Gasteiger partial charge in [0.15, 0.2) is 0 Å². The first-order chi connectivity index (χ1) is 22.5. The molecule has 6 rings (SSSR count). The molecule has 12 nitrogen and oxygen atoms in total. The molecule has 47 heavy (non-hydrogen) atoms. The van der Waals surface area contributed by atoms with Gasteiger partial charge in [-0.2, -0.15) is 0 Å². The number of nitrogens with one attached hydrogen (secondary N) is 1. The summed E-state index contributed by atoms with van der Waals surface area (Å²) in [5.74, 6) is -4.05. The van der Waals surface area contributed by atoms with Gasteiger partial charge in [-0.25, -0.2) is 9.69 Å². The van der Waals surface area contributed by atoms with Gasteiger partial charge in [0.25, 0.3) is 5.69 Å². The Morgan fingerprint density at radius 3 is 2.36 bits per heavy atom. The van der Waals surface area contributed by atoms with E-state index < -0.39 is 57.1 Å². The second-order valence-electron chi connectivity index (χ2n) is 10.4. The highest BCUT2D eigenvalue weighted by molar-refractivity contribution is 8.00. The number of carbonyl (C=O) groups is 4. The lowest BCUT2D eigenvalue weighted by molar-refractivity contribution is -0.384. The fraction of sp³-hybridized carbons (Fsp3) is 0.194. The number of esters is 1. The predicted molar refractivity (Wildman–Crippen MR) is 177 cm³/mol. The monoisotopic (exact) mass is 712 g/mol. The number of benzene rings is 3. The number of imide groups is 1. The fourth-order valence-corrected chi connectivity index (χ4v) is 8.77. The van der Waals surface area contributed by atoms with Crippen molar-refractivity contribution in [1.29, 1.82) is 0 Å². The van der Waals surface area contributed by atoms with Crippen LogP contribution in [0.4, 0.5) is 17.1 Å². The number of thiazole rings is 1. The van der Waals surface area contributed by atoms with Gasteiger partial charge < -0.3 is 10.1 Å². The zero-order chi connectivity index (χ0) is 33.6. The highest BCUT2D eigenvalue weighted by atomic mass is 35.5. The highest BCUT2D eigenvalue weighted by Gasteiger charge is 2.57. The van der Waals surface area contributed by atoms with E-state index in [0.717, 1.165) is 28.0 Å². The molecule has 16 heteroatoms. The zero-order valence-corrected chi connectivity index (χ0v) is 27.3. The van der Waals surface area contributed by atoms with Crippen LogP contribution in [0.1, 0.15) is 33.6 Å². The minimum absolute atomic E-state index is 0.154. The molecule has 3 atom stereocenters. The molecule has 2 aliphatic rings. The fourth-order valence-electron chi connectivity index (χ4n) is 5.58. The lowest BCUT2D eigenvalue weighted by Gasteiger charge is -2.31. The van der Waals surface area contributed by atoms with Crippen LogP contribution in [0, 0.1) is 16.0 Å². The number of nitro benzene ring substituents is 1. The number of hydrogen-bond acceptors (Lipinski definition) is 10. The summed E-state index contributed by atoms with van der Waals surface area (Å²) in [4.78, 5) is 78.0. The van der Waals surface area contributed by atoms with Crippen LogP contribution in [0.2, 0.25) is 10.0 Å². The van der Waals surface area contributed by atoms with Gasteiger partial charge in [-0.3, -0.25) is 33.9 Å². The van der Waals surface area contributed by atoms with Crippen molar-refractivity contribution in [3.05, 3.63) is 113 Å². The molecule has 0 radical (unpaired) electrons. The van der Waals surface area contributed by atoms with E-state index in [9.17, 15) is 34.1 Å². The molecule has 1 fully saturated rings. The Kier molecular flexibility index (Phi) is 8.94. The van der Waals surface area contributed by atoms with Gasteiger partial charge in [0.05, 0.1) is 43.8 Å². The first-order valence-electron chi connectivity index (χ1n) is 14.0. The summed E-state index contributed by atoms with van der Waals surface area (Å²) < 4.78 is 6.23. The number of aromatic nitrogens is 1. The van der Waals surface area contributed by atoms with Crippen LogP contribution in [0.5, 0.6) is 0 Å². The Balaban J connectivity index is 1.36. The Hall–Kier alpha value is -4.50. The average Bonchev–Trinajstić information content (AvgIpc) is 3.49. The number of thioether (sulfide) groups is 1. The molecule has 240 valence electrons. The smallest absolute Gasteiger partial charge is 0.338 e. The van der Waals surface area contributed by atoms with E-state index >= 15 is 0 Å². The number of anilines is 2. The van der Waals surface area contributed by atoms with Crippen LogP contribution < -0.4 is 15.1 Å². The van der Waals surface area contributed by atoms with Crippen LogP contribution in [0.25, 0.3) is 0 Å². The van der Waals surface area contributed by atoms with Crippen LogP contribution in [-0.2, 0) is 25.7 Å². The minimum atomic E-state index is -1.01. The molecule has 3 heterocycles. The summed E-state index contributed by atoms with van der Waals surface area (Å²) >= 11 is 14.9. The van der Waals surface area contributed by atoms with E-state index in [0.29, 0.717) is 26.7 Å². The Bertz CT molecular complexity index is 2010. The van der Waals surface area contributed by atoms with Gasteiger partial charge in [0, 0.05) is 28.6 Å². The van der Waals surface area contributed by atoms with E-state index in [4.69, 9.17) is 27.9 Å². The Morgan fingerprint density at radius 1 is 1.00 bits per heavy atom. The van der Waals surface area contributed by atoms with Crippen LogP contribution >= 0.6 is 46.3 Å². The number of ether oxygens (including phenoxy) is 1. The number of rotatable bonds is 8. The van der Waals surface area contributed by atoms with Crippen LogP contribution in [0.15, 0.2) is 76.6 Å². The van der Waals surface area contributed by atoms with E-state index in [1.54, 1.807) is 25.1 Å². The maximum absolute atomic E-state index is 14.0. The first-order valence-corrected chi connectivity index (χ1v) is 16.5. The van der Waals surface area contributed by atoms with Gasteiger partial charge in [-0.1, -0.05) is 58.4 Å². The molecule has 2 unspecified atom stereocenters. The van der Waals surface area contributed by atoms with Crippen molar-refractivity contribution in [3.63, 3.8) is 0 Å². The SMILES string of the molecule is CCOC(=O)c1ccc(NC(=O)Cn2c3c(sc2=O)[C@H](c2cccc(Cl)c2Cl)C2C(=O)N(c4ccc([N+](=O)[O-])cc4)C(=O)C2S3)cc1. The number of halogens is 2. The summed E-state index contributed by atoms with van der Waals surface area (Å²) in [5.41, 5.74) is 1.07. The third-order valence-electron chi connectivity index (χ3n) is 7.67. The molecule has 0 spiro atoms. The second-order valence-corrected chi connectivity index (χ2v) is 13.3. The van der Waals surface area contributed by atoms with Crippen molar-refractivity contribution < 1.29 is 28.8 Å². The molecule has 0 bridgehead atoms. The standard InChI is InChI=1S/C31H22Cl2N4O8S2/c1-2-45-30(41)15-6-8-16(9-7-15)34-21(38)14-35-29-26(47-31(35)42)22(19-4-3-5-20(32)24(19)33)23-25(46-29)28(40)36(27(23)39)17-10-12-18(13-11-17)37(43)44/h3-13,22-23,25H,2,14H2,1H3,(H,34,38)/t22-,23?,25?/m1/s1. The van der Waals surface area contributed by atoms with Gasteiger partial charge in [0.2, 0.25) is 17.7 Å². The molecule has 1 aromatic heterocycles. The van der Waals surface area contributed by atoms with Crippen molar-refractivity contribution in [2.24, 2.45) is 5.92 Å². The number of non-ortho nitro benzene ring substituents is 1. The molecular weight excluding hydrogens is 691 g/mol. The third kappa shape index (κ3) is 5.93. The maximum Gasteiger partial charge on any atom is 0.338 e. The van der Waals surface area contributed by atoms with Crippen molar-refractivity contribution in [2.45, 2.75) is 29.7 Å². The lowest BCUT2D eigenvalue weighted by Crippen LogP contribution is -2.33. The number of amides is 3. The Labute approximate surface area is 284 Å². The summed E-state index contributed by atoms with van der Waals surface area (Å²) in [6.45, 7) is 1.51. The summed E-state index contributed by atoms with van der Waals surface area (Å²) in [5, 5.41) is 13.6. The molecule has 0 aliphatic carbocycles. The van der Waals surface area contributed by atoms with E-state index in [1.807, 2.05) is 0 Å². The van der Waals surface area contributed by atoms with Crippen molar-refractivity contribution in [2.75, 3.05) is 16.8 Å². The predicted octanol–water partition coefficient (Wildman–Crippen LogP) is 5.74. The number of hydrogen-bond donors (Lipinski definition) is 1. The third-order valence-corrected chi connectivity index (χ3v) is 11.1. The number of nitrogens with zero attached hydrogens (tertiary/aromatic N) is 3. The molecule has 0 saturated carbocycles. The molecule has 3 aromatic carbocycles. The number of nitro groups is 1. The van der Waals surface area contributed by atoms with E-state index in [-0.39, 0.29) is 28.0 Å². The topological polar surface area (TPSA) is 158 Å². The number of fused-ring (bicyclic) bond motifs is 2. The molecule has 2 aliphatic heterocycles. The average molecular weight is 714 g/mol. The molecular formula is C31H22Cl2N4O8S2. The van der Waals surface area contributed by atoms with Gasteiger partial charge in [-0.15, -0.1) is 0 Å². The second kappa shape index (κ2) is 13.0. The van der Waals surface area contributed by atoms with Gasteiger partial charge >= 0.3 is 10.8 Å². The highest BCUT2D eigenvalue weighted by Crippen LogP contribution is 2.55. The lowest BCUT2D eigenvalue weighted by atomic mass is 9.83. The van der Waals surface area contributed by atoms with Crippen LogP contribution in [0.3, 0.4) is 0 Å². The molecule has 3 amide bonds. The quantitative estimate of drug-likeness (QED) is 0.104. The molecule has 1 N–H and O–H groups in total. The molecule has 4 aromatic rings. The molecule has 1 saturated heterocycles. The van der Waals surface area contributed by atoms with Gasteiger partial charge in [0.1, 0.15) is 11.8 Å². The Morgan fingerprint density at radius 2 is 1.70 bits per heavy atom. The normalized spacial score (nSPS) is 18.4. The van der Waals surface area contributed by atoms with Crippen LogP contribution in [-0.4, -0.2) is 45.0 Å². The van der Waals surface area contributed by atoms with Gasteiger partial charge in [-0.05, 0) is 55.0 Å². The van der Waals surface area contributed by atoms with Crippen molar-refractivity contribution in [1.82, 2.24) is 4.57 Å². The maximum atomic E-state index is 14.0. The summed E-state index contributed by atoms with van der Waals surface area (Å²) in [7, 11) is 0. The largest absolute Gasteiger partial charge is 0.462 e. The number of carbonyl (C=O) groups excluding carboxylic acids is 4. The summed E-state index contributed by atoms with van der Waals surface area (Å²) in [6.07, 6.45) is 0. The first kappa shape index (κ1) is 32.4. The summed E-state index contributed by atoms with van der Waals surface area (Å²) in [6, 6.07) is 16.0.